The highest BCUT2D eigenvalue weighted by Crippen LogP contribution is 2.39. The van der Waals surface area contributed by atoms with Crippen LogP contribution >= 0.6 is 0 Å². The van der Waals surface area contributed by atoms with Crippen LogP contribution in [-0.2, 0) is 6.42 Å². The lowest BCUT2D eigenvalue weighted by Gasteiger charge is -2.29. The molecule has 0 spiro atoms. The van der Waals surface area contributed by atoms with E-state index in [1.165, 1.54) is 19.1 Å². The Kier molecular flexibility index (Phi) is 7.59. The molecule has 3 rings (SSSR count). The largest absolute Gasteiger partial charge is 0.489 e. The third-order valence-corrected chi connectivity index (χ3v) is 6.09. The van der Waals surface area contributed by atoms with E-state index < -0.39 is 17.7 Å². The minimum atomic E-state index is -1.04. The summed E-state index contributed by atoms with van der Waals surface area (Å²) in [6.45, 7) is 5.34. The van der Waals surface area contributed by atoms with E-state index in [0.717, 1.165) is 37.7 Å². The molecule has 1 atom stereocenters. The van der Waals surface area contributed by atoms with Crippen molar-refractivity contribution in [3.05, 3.63) is 77.1 Å². The van der Waals surface area contributed by atoms with Crippen LogP contribution in [0.4, 0.5) is 13.2 Å². The molecule has 5 heteroatoms. The van der Waals surface area contributed by atoms with Gasteiger partial charge < -0.3 is 9.84 Å². The van der Waals surface area contributed by atoms with Crippen LogP contribution in [0.1, 0.15) is 67.7 Å². The second kappa shape index (κ2) is 10.2. The van der Waals surface area contributed by atoms with Crippen LogP contribution in [-0.4, -0.2) is 11.7 Å². The van der Waals surface area contributed by atoms with E-state index in [9.17, 15) is 18.3 Å². The summed E-state index contributed by atoms with van der Waals surface area (Å²) in [5.74, 6) is -0.964. The van der Waals surface area contributed by atoms with Gasteiger partial charge in [-0.2, -0.15) is 0 Å². The summed E-state index contributed by atoms with van der Waals surface area (Å²) in [6.07, 6.45) is 5.46. The summed E-state index contributed by atoms with van der Waals surface area (Å²) in [5.41, 5.74) is 1.06. The zero-order valence-corrected chi connectivity index (χ0v) is 17.3. The molecule has 2 nitrogen and oxygen atoms in total. The number of hydrogen-bond donors (Lipinski definition) is 1. The van der Waals surface area contributed by atoms with Crippen molar-refractivity contribution in [2.45, 2.75) is 57.5 Å². The first-order valence-electron chi connectivity index (χ1n) is 10.6. The molecule has 0 aromatic heterocycles. The maximum atomic E-state index is 14.5. The summed E-state index contributed by atoms with van der Waals surface area (Å²) in [4.78, 5) is 0. The second-order valence-corrected chi connectivity index (χ2v) is 8.16. The van der Waals surface area contributed by atoms with Crippen molar-refractivity contribution >= 4 is 0 Å². The fraction of sp³-hybridized carbons (Fsp3) is 0.440. The Morgan fingerprint density at radius 3 is 2.47 bits per heavy atom. The van der Waals surface area contributed by atoms with Gasteiger partial charge in [0.05, 0.1) is 6.10 Å². The van der Waals surface area contributed by atoms with Gasteiger partial charge in [-0.15, -0.1) is 0 Å². The van der Waals surface area contributed by atoms with Gasteiger partial charge in [0.25, 0.3) is 0 Å². The molecule has 1 N–H and O–H groups in total. The Hall–Kier alpha value is -2.27. The van der Waals surface area contributed by atoms with Gasteiger partial charge in [0.15, 0.2) is 11.6 Å². The van der Waals surface area contributed by atoms with E-state index in [4.69, 9.17) is 4.74 Å². The van der Waals surface area contributed by atoms with Crippen molar-refractivity contribution in [1.82, 2.24) is 0 Å². The number of aliphatic hydroxyl groups excluding tert-OH is 1. The minimum absolute atomic E-state index is 0.0142. The van der Waals surface area contributed by atoms with E-state index in [0.29, 0.717) is 30.3 Å². The topological polar surface area (TPSA) is 29.5 Å². The molecule has 0 heterocycles. The molecule has 1 aliphatic rings. The van der Waals surface area contributed by atoms with E-state index in [1.807, 2.05) is 0 Å². The number of aliphatic hydroxyl groups is 1. The van der Waals surface area contributed by atoms with Crippen LogP contribution in [0, 0.1) is 23.4 Å². The van der Waals surface area contributed by atoms with Crippen molar-refractivity contribution in [2.24, 2.45) is 5.92 Å². The zero-order chi connectivity index (χ0) is 21.7. The van der Waals surface area contributed by atoms with E-state index >= 15 is 0 Å². The number of aryl methyl sites for hydroxylation is 1. The molecule has 1 unspecified atom stereocenters. The van der Waals surface area contributed by atoms with Crippen molar-refractivity contribution in [1.29, 1.82) is 0 Å². The van der Waals surface area contributed by atoms with Crippen molar-refractivity contribution in [3.63, 3.8) is 0 Å². The van der Waals surface area contributed by atoms with Gasteiger partial charge in [0.2, 0.25) is 0 Å². The SMILES string of the molecule is C=CCOc1ccc(C2CCC(CCc3ccc(C(C)O)c(F)c3F)CC2)c(F)c1. The summed E-state index contributed by atoms with van der Waals surface area (Å²) in [6, 6.07) is 8.06. The Labute approximate surface area is 176 Å². The summed E-state index contributed by atoms with van der Waals surface area (Å²) >= 11 is 0. The molecule has 0 aliphatic heterocycles. The van der Waals surface area contributed by atoms with Gasteiger partial charge >= 0.3 is 0 Å². The number of halogens is 3. The van der Waals surface area contributed by atoms with Crippen molar-refractivity contribution < 1.29 is 23.0 Å². The Morgan fingerprint density at radius 1 is 1.10 bits per heavy atom. The highest BCUT2D eigenvalue weighted by atomic mass is 19.2. The lowest BCUT2D eigenvalue weighted by molar-refractivity contribution is 0.192. The number of rotatable bonds is 8. The third-order valence-electron chi connectivity index (χ3n) is 6.09. The molecule has 0 saturated heterocycles. The maximum absolute atomic E-state index is 14.5. The zero-order valence-electron chi connectivity index (χ0n) is 17.3. The first-order valence-corrected chi connectivity index (χ1v) is 10.6. The standard InChI is InChI=1S/C25H29F3O2/c1-3-14-30-20-11-13-22(23(26)15-20)18-7-4-17(5-8-18)6-9-19-10-12-21(16(2)29)25(28)24(19)27/h3,10-13,15-18,29H,1,4-9,14H2,2H3. The van der Waals surface area contributed by atoms with E-state index in [-0.39, 0.29) is 17.3 Å². The first kappa shape index (κ1) is 22.4. The van der Waals surface area contributed by atoms with E-state index in [2.05, 4.69) is 6.58 Å². The Morgan fingerprint density at radius 2 is 1.83 bits per heavy atom. The Bertz CT molecular complexity index is 871. The van der Waals surface area contributed by atoms with Crippen LogP contribution in [0.3, 0.4) is 0 Å². The van der Waals surface area contributed by atoms with Crippen molar-refractivity contribution in [3.8, 4) is 5.75 Å². The molecule has 2 aromatic carbocycles. The van der Waals surface area contributed by atoms with Gasteiger partial charge in [-0.1, -0.05) is 30.9 Å². The third kappa shape index (κ3) is 5.25. The van der Waals surface area contributed by atoms with Gasteiger partial charge in [-0.25, -0.2) is 13.2 Å². The average Bonchev–Trinajstić information content (AvgIpc) is 2.73. The Balaban J connectivity index is 1.54. The molecular formula is C25H29F3O2. The fourth-order valence-corrected chi connectivity index (χ4v) is 4.33. The molecule has 1 fully saturated rings. The predicted octanol–water partition coefficient (Wildman–Crippen LogP) is 6.63. The second-order valence-electron chi connectivity index (χ2n) is 8.16. The molecule has 30 heavy (non-hydrogen) atoms. The number of ether oxygens (including phenoxy) is 1. The summed E-state index contributed by atoms with van der Waals surface area (Å²) in [7, 11) is 0. The molecule has 0 amide bonds. The van der Waals surface area contributed by atoms with E-state index in [1.54, 1.807) is 24.3 Å². The quantitative estimate of drug-likeness (QED) is 0.488. The maximum Gasteiger partial charge on any atom is 0.164 e. The number of hydrogen-bond acceptors (Lipinski definition) is 2. The predicted molar refractivity (Wildman–Crippen MR) is 112 cm³/mol. The molecule has 1 saturated carbocycles. The van der Waals surface area contributed by atoms with Crippen LogP contribution in [0.2, 0.25) is 0 Å². The molecule has 0 radical (unpaired) electrons. The van der Waals surface area contributed by atoms with Gasteiger partial charge in [0, 0.05) is 11.6 Å². The lowest BCUT2D eigenvalue weighted by atomic mass is 9.76. The smallest absolute Gasteiger partial charge is 0.164 e. The average molecular weight is 418 g/mol. The molecule has 2 aromatic rings. The first-order chi connectivity index (χ1) is 14.4. The fourth-order valence-electron chi connectivity index (χ4n) is 4.33. The highest BCUT2D eigenvalue weighted by molar-refractivity contribution is 5.32. The summed E-state index contributed by atoms with van der Waals surface area (Å²) < 4.78 is 48.2. The minimum Gasteiger partial charge on any atom is -0.489 e. The molecule has 162 valence electrons. The van der Waals surface area contributed by atoms with Crippen LogP contribution in [0.25, 0.3) is 0 Å². The highest BCUT2D eigenvalue weighted by Gasteiger charge is 2.25. The molecule has 0 bridgehead atoms. The normalized spacial score (nSPS) is 20.0. The van der Waals surface area contributed by atoms with Crippen LogP contribution in [0.5, 0.6) is 5.75 Å². The lowest BCUT2D eigenvalue weighted by Crippen LogP contribution is -2.15. The van der Waals surface area contributed by atoms with Gasteiger partial charge in [0.1, 0.15) is 18.2 Å². The van der Waals surface area contributed by atoms with Crippen molar-refractivity contribution in [2.75, 3.05) is 6.61 Å². The van der Waals surface area contributed by atoms with Crippen LogP contribution < -0.4 is 4.74 Å². The molecule has 1 aliphatic carbocycles. The van der Waals surface area contributed by atoms with Gasteiger partial charge in [-0.3, -0.25) is 0 Å². The molecular weight excluding hydrogens is 389 g/mol. The monoisotopic (exact) mass is 418 g/mol. The van der Waals surface area contributed by atoms with Crippen LogP contribution in [0.15, 0.2) is 43.0 Å². The summed E-state index contributed by atoms with van der Waals surface area (Å²) in [5, 5.41) is 9.50. The number of benzene rings is 2. The van der Waals surface area contributed by atoms with Gasteiger partial charge in [-0.05, 0) is 74.5 Å².